The standard InChI is InChI=1S/C48H45N3/c1-46(2,3)38-23-20-33(21-24-38)44-49-43(32-15-9-8-10-16-32)50-45(51-44)37-27-35(34-22-25-41-42(29-34)48(6,7)30-47(41,4)5)26-36(28-37)40-19-13-17-31-14-11-12-18-39(31)40/h8-29H,30H2,1-7H3. The molecule has 3 heteroatoms. The van der Waals surface area contributed by atoms with E-state index < -0.39 is 0 Å². The molecule has 0 amide bonds. The van der Waals surface area contributed by atoms with Crippen LogP contribution < -0.4 is 0 Å². The Hall–Kier alpha value is -5.41. The summed E-state index contributed by atoms with van der Waals surface area (Å²) in [7, 11) is 0. The highest BCUT2D eigenvalue weighted by molar-refractivity contribution is 5.98. The molecule has 1 heterocycles. The third kappa shape index (κ3) is 6.16. The average Bonchev–Trinajstić information content (AvgIpc) is 3.33. The highest BCUT2D eigenvalue weighted by Gasteiger charge is 2.41. The Balaban J connectivity index is 1.36. The molecule has 0 bridgehead atoms. The van der Waals surface area contributed by atoms with Crippen LogP contribution in [0.15, 0.2) is 133 Å². The van der Waals surface area contributed by atoms with Crippen LogP contribution >= 0.6 is 0 Å². The summed E-state index contributed by atoms with van der Waals surface area (Å²) in [5.74, 6) is 1.98. The monoisotopic (exact) mass is 663 g/mol. The lowest BCUT2D eigenvalue weighted by Gasteiger charge is -2.22. The number of hydrogen-bond acceptors (Lipinski definition) is 3. The van der Waals surface area contributed by atoms with E-state index >= 15 is 0 Å². The van der Waals surface area contributed by atoms with Crippen molar-refractivity contribution in [3.05, 3.63) is 150 Å². The molecule has 0 fully saturated rings. The molecule has 8 rings (SSSR count). The van der Waals surface area contributed by atoms with Crippen LogP contribution in [0.3, 0.4) is 0 Å². The van der Waals surface area contributed by atoms with E-state index in [4.69, 9.17) is 15.0 Å². The van der Waals surface area contributed by atoms with Gasteiger partial charge >= 0.3 is 0 Å². The highest BCUT2D eigenvalue weighted by atomic mass is 15.0. The second-order valence-electron chi connectivity index (χ2n) is 16.5. The van der Waals surface area contributed by atoms with Crippen molar-refractivity contribution in [1.82, 2.24) is 15.0 Å². The first-order valence-corrected chi connectivity index (χ1v) is 18.1. The zero-order valence-corrected chi connectivity index (χ0v) is 30.8. The predicted molar refractivity (Wildman–Crippen MR) is 214 cm³/mol. The zero-order chi connectivity index (χ0) is 35.5. The molecular formula is C48H45N3. The predicted octanol–water partition coefficient (Wildman–Crippen LogP) is 12.6. The van der Waals surface area contributed by atoms with Gasteiger partial charge in [0.1, 0.15) is 0 Å². The van der Waals surface area contributed by atoms with Crippen LogP contribution in [0.5, 0.6) is 0 Å². The molecule has 7 aromatic rings. The summed E-state index contributed by atoms with van der Waals surface area (Å²) in [6.45, 7) is 16.2. The van der Waals surface area contributed by atoms with Crippen molar-refractivity contribution >= 4 is 10.8 Å². The highest BCUT2D eigenvalue weighted by Crippen LogP contribution is 2.50. The Labute approximate surface area is 302 Å². The van der Waals surface area contributed by atoms with E-state index in [9.17, 15) is 0 Å². The first kappa shape index (κ1) is 32.8. The fourth-order valence-electron chi connectivity index (χ4n) is 8.19. The van der Waals surface area contributed by atoms with Crippen molar-refractivity contribution in [1.29, 1.82) is 0 Å². The summed E-state index contributed by atoms with van der Waals surface area (Å²) in [5.41, 5.74) is 12.0. The van der Waals surface area contributed by atoms with Gasteiger partial charge in [0.15, 0.2) is 17.5 Å². The number of nitrogens with zero attached hydrogens (tertiary/aromatic N) is 3. The lowest BCUT2D eigenvalue weighted by atomic mass is 9.82. The number of aromatic nitrogens is 3. The van der Waals surface area contributed by atoms with E-state index in [0.29, 0.717) is 17.5 Å². The van der Waals surface area contributed by atoms with Gasteiger partial charge in [0.05, 0.1) is 0 Å². The first-order valence-electron chi connectivity index (χ1n) is 18.1. The third-order valence-corrected chi connectivity index (χ3v) is 10.7. The maximum absolute atomic E-state index is 5.20. The Morgan fingerprint density at radius 3 is 1.71 bits per heavy atom. The van der Waals surface area contributed by atoms with Gasteiger partial charge in [0.25, 0.3) is 0 Å². The van der Waals surface area contributed by atoms with Crippen molar-refractivity contribution in [2.75, 3.05) is 0 Å². The largest absolute Gasteiger partial charge is 0.208 e. The molecule has 0 atom stereocenters. The normalized spacial score (nSPS) is 14.8. The van der Waals surface area contributed by atoms with Crippen LogP contribution in [-0.2, 0) is 16.2 Å². The van der Waals surface area contributed by atoms with Crippen LogP contribution in [0, 0.1) is 0 Å². The Kier molecular flexibility index (Phi) is 7.79. The molecule has 0 spiro atoms. The number of benzene rings is 6. The zero-order valence-electron chi connectivity index (χ0n) is 30.8. The van der Waals surface area contributed by atoms with E-state index in [1.54, 1.807) is 0 Å². The lowest BCUT2D eigenvalue weighted by Crippen LogP contribution is -2.17. The minimum Gasteiger partial charge on any atom is -0.208 e. The molecule has 51 heavy (non-hydrogen) atoms. The molecule has 3 nitrogen and oxygen atoms in total. The summed E-state index contributed by atoms with van der Waals surface area (Å²) >= 11 is 0. The molecule has 1 aliphatic rings. The van der Waals surface area contributed by atoms with Crippen LogP contribution in [0.1, 0.15) is 71.6 Å². The average molecular weight is 664 g/mol. The summed E-state index contributed by atoms with van der Waals surface area (Å²) in [4.78, 5) is 15.4. The quantitative estimate of drug-likeness (QED) is 0.184. The van der Waals surface area contributed by atoms with Gasteiger partial charge in [-0.05, 0) is 90.6 Å². The van der Waals surface area contributed by atoms with E-state index in [-0.39, 0.29) is 16.2 Å². The van der Waals surface area contributed by atoms with E-state index in [0.717, 1.165) is 34.2 Å². The molecule has 0 radical (unpaired) electrons. The molecule has 0 saturated carbocycles. The minimum atomic E-state index is 0.0545. The smallest absolute Gasteiger partial charge is 0.164 e. The summed E-state index contributed by atoms with van der Waals surface area (Å²) < 4.78 is 0. The molecular weight excluding hydrogens is 619 g/mol. The summed E-state index contributed by atoms with van der Waals surface area (Å²) in [6.07, 6.45) is 1.13. The van der Waals surface area contributed by atoms with Crippen molar-refractivity contribution in [2.24, 2.45) is 0 Å². The maximum atomic E-state index is 5.20. The van der Waals surface area contributed by atoms with Crippen molar-refractivity contribution in [2.45, 2.75) is 71.1 Å². The molecule has 0 N–H and O–H groups in total. The molecule has 0 saturated heterocycles. The van der Waals surface area contributed by atoms with Gasteiger partial charge in [0.2, 0.25) is 0 Å². The fourth-order valence-corrected chi connectivity index (χ4v) is 8.19. The van der Waals surface area contributed by atoms with E-state index in [2.05, 4.69) is 164 Å². The van der Waals surface area contributed by atoms with E-state index in [1.165, 1.54) is 38.6 Å². The first-order chi connectivity index (χ1) is 24.4. The van der Waals surface area contributed by atoms with Crippen molar-refractivity contribution in [3.8, 4) is 56.4 Å². The van der Waals surface area contributed by atoms with Crippen LogP contribution in [0.2, 0.25) is 0 Å². The number of hydrogen-bond donors (Lipinski definition) is 0. The Bertz CT molecular complexity index is 2410. The molecule has 0 unspecified atom stereocenters. The van der Waals surface area contributed by atoms with Gasteiger partial charge in [-0.2, -0.15) is 0 Å². The summed E-state index contributed by atoms with van der Waals surface area (Å²) in [6, 6.07) is 48.0. The third-order valence-electron chi connectivity index (χ3n) is 10.7. The molecule has 0 aliphatic heterocycles. The number of rotatable bonds is 5. The van der Waals surface area contributed by atoms with Gasteiger partial charge in [0, 0.05) is 16.7 Å². The Morgan fingerprint density at radius 2 is 1.00 bits per heavy atom. The van der Waals surface area contributed by atoms with Crippen LogP contribution in [0.25, 0.3) is 67.2 Å². The van der Waals surface area contributed by atoms with Crippen molar-refractivity contribution in [3.63, 3.8) is 0 Å². The minimum absolute atomic E-state index is 0.0545. The summed E-state index contributed by atoms with van der Waals surface area (Å²) in [5, 5.41) is 2.44. The van der Waals surface area contributed by atoms with Gasteiger partial charge in [-0.1, -0.05) is 164 Å². The molecule has 6 aromatic carbocycles. The molecule has 1 aromatic heterocycles. The maximum Gasteiger partial charge on any atom is 0.164 e. The van der Waals surface area contributed by atoms with Crippen molar-refractivity contribution < 1.29 is 0 Å². The molecule has 1 aliphatic carbocycles. The fraction of sp³-hybridized carbons (Fsp3) is 0.229. The van der Waals surface area contributed by atoms with Gasteiger partial charge in [-0.25, -0.2) is 15.0 Å². The van der Waals surface area contributed by atoms with Crippen LogP contribution in [-0.4, -0.2) is 15.0 Å². The van der Waals surface area contributed by atoms with Crippen LogP contribution in [0.4, 0.5) is 0 Å². The second-order valence-corrected chi connectivity index (χ2v) is 16.5. The second kappa shape index (κ2) is 12.1. The topological polar surface area (TPSA) is 38.7 Å². The lowest BCUT2D eigenvalue weighted by molar-refractivity contribution is 0.403. The molecule has 252 valence electrons. The SMILES string of the molecule is CC(C)(C)c1ccc(-c2nc(-c3ccccc3)nc(-c3cc(-c4ccc5c(c4)C(C)(C)CC5(C)C)cc(-c4cccc5ccccc45)c3)n2)cc1. The van der Waals surface area contributed by atoms with Gasteiger partial charge < -0.3 is 0 Å². The number of fused-ring (bicyclic) bond motifs is 2. The van der Waals surface area contributed by atoms with Gasteiger partial charge in [-0.3, -0.25) is 0 Å². The Morgan fingerprint density at radius 1 is 0.451 bits per heavy atom. The van der Waals surface area contributed by atoms with E-state index in [1.807, 2.05) is 18.2 Å². The van der Waals surface area contributed by atoms with Gasteiger partial charge in [-0.15, -0.1) is 0 Å².